The minimum Gasteiger partial charge on any atom is -0.497 e. The van der Waals surface area contributed by atoms with Crippen molar-refractivity contribution in [2.24, 2.45) is 5.73 Å². The highest BCUT2D eigenvalue weighted by Crippen LogP contribution is 2.24. The SMILES string of the molecule is COc1cc(Cl)c(F)c(CN)c1. The van der Waals surface area contributed by atoms with Gasteiger partial charge in [-0.15, -0.1) is 0 Å². The van der Waals surface area contributed by atoms with E-state index in [-0.39, 0.29) is 11.6 Å². The Morgan fingerprint density at radius 3 is 2.75 bits per heavy atom. The predicted octanol–water partition coefficient (Wildman–Crippen LogP) is 1.95. The van der Waals surface area contributed by atoms with E-state index in [1.807, 2.05) is 0 Å². The van der Waals surface area contributed by atoms with Crippen LogP contribution in [0.5, 0.6) is 5.75 Å². The summed E-state index contributed by atoms with van der Waals surface area (Å²) >= 11 is 5.57. The Kier molecular flexibility index (Phi) is 2.89. The van der Waals surface area contributed by atoms with Crippen molar-refractivity contribution in [1.29, 1.82) is 0 Å². The van der Waals surface area contributed by atoms with Crippen molar-refractivity contribution >= 4 is 11.6 Å². The lowest BCUT2D eigenvalue weighted by Gasteiger charge is -2.05. The molecule has 2 N–H and O–H groups in total. The summed E-state index contributed by atoms with van der Waals surface area (Å²) in [6.07, 6.45) is 0. The summed E-state index contributed by atoms with van der Waals surface area (Å²) in [5.74, 6) is 0.0433. The third-order valence-corrected chi connectivity index (χ3v) is 1.81. The van der Waals surface area contributed by atoms with Gasteiger partial charge in [0.2, 0.25) is 0 Å². The molecule has 0 amide bonds. The molecule has 0 aliphatic carbocycles. The molecule has 1 aromatic rings. The minimum atomic E-state index is -0.472. The maximum absolute atomic E-state index is 13.1. The van der Waals surface area contributed by atoms with Gasteiger partial charge in [0, 0.05) is 18.2 Å². The maximum Gasteiger partial charge on any atom is 0.146 e. The van der Waals surface area contributed by atoms with Gasteiger partial charge in [-0.3, -0.25) is 0 Å². The van der Waals surface area contributed by atoms with Gasteiger partial charge in [-0.25, -0.2) is 4.39 Å². The smallest absolute Gasteiger partial charge is 0.146 e. The molecule has 0 saturated heterocycles. The van der Waals surface area contributed by atoms with Gasteiger partial charge < -0.3 is 10.5 Å². The molecule has 0 bridgehead atoms. The number of methoxy groups -OCH3 is 1. The van der Waals surface area contributed by atoms with Crippen molar-refractivity contribution in [2.45, 2.75) is 6.54 Å². The highest BCUT2D eigenvalue weighted by atomic mass is 35.5. The molecule has 2 nitrogen and oxygen atoms in total. The van der Waals surface area contributed by atoms with E-state index in [2.05, 4.69) is 0 Å². The molecule has 0 aliphatic heterocycles. The third-order valence-electron chi connectivity index (χ3n) is 1.53. The van der Waals surface area contributed by atoms with Crippen molar-refractivity contribution in [2.75, 3.05) is 7.11 Å². The van der Waals surface area contributed by atoms with Gasteiger partial charge >= 0.3 is 0 Å². The largest absolute Gasteiger partial charge is 0.497 e. The fourth-order valence-corrected chi connectivity index (χ4v) is 1.11. The molecule has 0 saturated carbocycles. The maximum atomic E-state index is 13.1. The highest BCUT2D eigenvalue weighted by Gasteiger charge is 2.07. The van der Waals surface area contributed by atoms with Gasteiger partial charge in [0.25, 0.3) is 0 Å². The van der Waals surface area contributed by atoms with Crippen LogP contribution in [0.2, 0.25) is 5.02 Å². The van der Waals surface area contributed by atoms with E-state index in [0.717, 1.165) is 0 Å². The first kappa shape index (κ1) is 9.29. The number of nitrogens with two attached hydrogens (primary N) is 1. The Bertz CT molecular complexity index is 291. The van der Waals surface area contributed by atoms with Gasteiger partial charge in [-0.05, 0) is 6.07 Å². The Morgan fingerprint density at radius 2 is 2.25 bits per heavy atom. The zero-order valence-corrected chi connectivity index (χ0v) is 7.36. The summed E-state index contributed by atoms with van der Waals surface area (Å²) in [5, 5.41) is 0.0369. The molecular formula is C8H9ClFNO. The van der Waals surface area contributed by atoms with Crippen molar-refractivity contribution < 1.29 is 9.13 Å². The standard InChI is InChI=1S/C8H9ClFNO/c1-12-6-2-5(4-11)8(10)7(9)3-6/h2-3H,4,11H2,1H3. The van der Waals surface area contributed by atoms with Gasteiger partial charge in [0.1, 0.15) is 11.6 Å². The van der Waals surface area contributed by atoms with Gasteiger partial charge in [-0.2, -0.15) is 0 Å². The number of ether oxygens (including phenoxy) is 1. The van der Waals surface area contributed by atoms with Crippen LogP contribution in [0.15, 0.2) is 12.1 Å². The molecule has 0 fully saturated rings. The van der Waals surface area contributed by atoms with Crippen LogP contribution < -0.4 is 10.5 Å². The number of hydrogen-bond donors (Lipinski definition) is 1. The molecule has 1 rings (SSSR count). The summed E-state index contributed by atoms with van der Waals surface area (Å²) in [7, 11) is 1.49. The average Bonchev–Trinajstić information content (AvgIpc) is 2.09. The molecule has 0 radical (unpaired) electrons. The first-order valence-corrected chi connectivity index (χ1v) is 3.78. The molecule has 0 heterocycles. The molecule has 4 heteroatoms. The topological polar surface area (TPSA) is 35.2 Å². The lowest BCUT2D eigenvalue weighted by molar-refractivity contribution is 0.413. The molecule has 0 unspecified atom stereocenters. The van der Waals surface area contributed by atoms with Crippen LogP contribution in [0.25, 0.3) is 0 Å². The van der Waals surface area contributed by atoms with E-state index in [4.69, 9.17) is 22.1 Å². The predicted molar refractivity (Wildman–Crippen MR) is 45.9 cm³/mol. The molecule has 66 valence electrons. The second-order valence-corrected chi connectivity index (χ2v) is 2.69. The lowest BCUT2D eigenvalue weighted by Crippen LogP contribution is -2.00. The first-order chi connectivity index (χ1) is 5.69. The summed E-state index contributed by atoms with van der Waals surface area (Å²) in [5.41, 5.74) is 5.65. The molecular weight excluding hydrogens is 181 g/mol. The zero-order valence-electron chi connectivity index (χ0n) is 6.60. The number of halogens is 2. The van der Waals surface area contributed by atoms with E-state index < -0.39 is 5.82 Å². The summed E-state index contributed by atoms with van der Waals surface area (Å²) in [4.78, 5) is 0. The molecule has 0 aromatic heterocycles. The number of benzene rings is 1. The Labute approximate surface area is 75.1 Å². The summed E-state index contributed by atoms with van der Waals surface area (Å²) in [6.45, 7) is 0.114. The average molecular weight is 190 g/mol. The second kappa shape index (κ2) is 3.74. The molecule has 12 heavy (non-hydrogen) atoms. The number of hydrogen-bond acceptors (Lipinski definition) is 2. The van der Waals surface area contributed by atoms with E-state index in [1.54, 1.807) is 0 Å². The van der Waals surface area contributed by atoms with Crippen LogP contribution in [0, 0.1) is 5.82 Å². The molecule has 1 aromatic carbocycles. The van der Waals surface area contributed by atoms with Crippen molar-refractivity contribution in [3.63, 3.8) is 0 Å². The fraction of sp³-hybridized carbons (Fsp3) is 0.250. The number of rotatable bonds is 2. The Hall–Kier alpha value is -0.800. The van der Waals surface area contributed by atoms with Crippen LogP contribution in [-0.4, -0.2) is 7.11 Å². The van der Waals surface area contributed by atoms with Crippen molar-refractivity contribution in [1.82, 2.24) is 0 Å². The minimum absolute atomic E-state index is 0.0369. The Morgan fingerprint density at radius 1 is 1.58 bits per heavy atom. The van der Waals surface area contributed by atoms with E-state index in [0.29, 0.717) is 11.3 Å². The molecule has 0 spiro atoms. The quantitative estimate of drug-likeness (QED) is 0.772. The van der Waals surface area contributed by atoms with Gasteiger partial charge in [0.05, 0.1) is 12.1 Å². The van der Waals surface area contributed by atoms with E-state index in [1.165, 1.54) is 19.2 Å². The molecule has 0 atom stereocenters. The van der Waals surface area contributed by atoms with Crippen LogP contribution in [0.1, 0.15) is 5.56 Å². The monoisotopic (exact) mass is 189 g/mol. The lowest BCUT2D eigenvalue weighted by atomic mass is 10.2. The van der Waals surface area contributed by atoms with Crippen molar-refractivity contribution in [3.05, 3.63) is 28.5 Å². The van der Waals surface area contributed by atoms with Gasteiger partial charge in [-0.1, -0.05) is 11.6 Å². The van der Waals surface area contributed by atoms with Crippen LogP contribution in [0.3, 0.4) is 0 Å². The van der Waals surface area contributed by atoms with Gasteiger partial charge in [0.15, 0.2) is 0 Å². The fourth-order valence-electron chi connectivity index (χ4n) is 0.885. The first-order valence-electron chi connectivity index (χ1n) is 3.41. The normalized spacial score (nSPS) is 10.0. The second-order valence-electron chi connectivity index (χ2n) is 2.29. The van der Waals surface area contributed by atoms with Crippen LogP contribution in [-0.2, 0) is 6.54 Å². The van der Waals surface area contributed by atoms with Crippen molar-refractivity contribution in [3.8, 4) is 5.75 Å². The van der Waals surface area contributed by atoms with E-state index in [9.17, 15) is 4.39 Å². The zero-order chi connectivity index (χ0) is 9.14. The van der Waals surface area contributed by atoms with Crippen LogP contribution in [0.4, 0.5) is 4.39 Å². The van der Waals surface area contributed by atoms with E-state index >= 15 is 0 Å². The highest BCUT2D eigenvalue weighted by molar-refractivity contribution is 6.30. The Balaban J connectivity index is 3.19. The third kappa shape index (κ3) is 1.68. The van der Waals surface area contributed by atoms with Crippen LogP contribution >= 0.6 is 11.6 Å². The molecule has 0 aliphatic rings. The summed E-state index contributed by atoms with van der Waals surface area (Å²) in [6, 6.07) is 2.94. The summed E-state index contributed by atoms with van der Waals surface area (Å²) < 4.78 is 17.9.